The van der Waals surface area contributed by atoms with E-state index in [4.69, 9.17) is 28.4 Å². The SMILES string of the molecule is C=C(C(=O)OCc1ccccc1)C(OC(C)=O)C1OC(CCCC)(c2ccccc2)OC1COC1CCCCO1. The van der Waals surface area contributed by atoms with Gasteiger partial charge >= 0.3 is 11.9 Å². The Bertz CT molecular complexity index is 1100. The molecule has 40 heavy (non-hydrogen) atoms. The first kappa shape index (κ1) is 29.9. The second-order valence-electron chi connectivity index (χ2n) is 10.2. The quantitative estimate of drug-likeness (QED) is 0.235. The van der Waals surface area contributed by atoms with Crippen LogP contribution in [0.15, 0.2) is 72.8 Å². The monoisotopic (exact) mass is 552 g/mol. The highest BCUT2D eigenvalue weighted by Crippen LogP contribution is 2.44. The van der Waals surface area contributed by atoms with Crippen LogP contribution in [0, 0.1) is 0 Å². The Morgan fingerprint density at radius 3 is 2.42 bits per heavy atom. The zero-order valence-corrected chi connectivity index (χ0v) is 23.4. The van der Waals surface area contributed by atoms with E-state index in [0.29, 0.717) is 13.0 Å². The van der Waals surface area contributed by atoms with Crippen LogP contribution >= 0.6 is 0 Å². The Morgan fingerprint density at radius 2 is 1.77 bits per heavy atom. The number of unbranched alkanes of at least 4 members (excludes halogenated alkanes) is 1. The lowest BCUT2D eigenvalue weighted by molar-refractivity contribution is -0.210. The van der Waals surface area contributed by atoms with Gasteiger partial charge in [-0.3, -0.25) is 4.79 Å². The maximum absolute atomic E-state index is 13.2. The summed E-state index contributed by atoms with van der Waals surface area (Å²) in [7, 11) is 0. The highest BCUT2D eigenvalue weighted by Gasteiger charge is 2.53. The minimum Gasteiger partial charge on any atom is -0.457 e. The molecular weight excluding hydrogens is 512 g/mol. The third-order valence-electron chi connectivity index (χ3n) is 7.10. The van der Waals surface area contributed by atoms with Gasteiger partial charge in [0.25, 0.3) is 0 Å². The van der Waals surface area contributed by atoms with Crippen LogP contribution in [0.3, 0.4) is 0 Å². The predicted octanol–water partition coefficient (Wildman–Crippen LogP) is 5.59. The summed E-state index contributed by atoms with van der Waals surface area (Å²) in [5, 5.41) is 0. The zero-order chi connectivity index (χ0) is 28.4. The Labute approximate surface area is 236 Å². The fraction of sp³-hybridized carbons (Fsp3) is 0.500. The van der Waals surface area contributed by atoms with Crippen LogP contribution in [0.2, 0.25) is 0 Å². The van der Waals surface area contributed by atoms with E-state index >= 15 is 0 Å². The van der Waals surface area contributed by atoms with Crippen molar-refractivity contribution in [1.82, 2.24) is 0 Å². The smallest absolute Gasteiger partial charge is 0.337 e. The van der Waals surface area contributed by atoms with Crippen LogP contribution in [0.4, 0.5) is 0 Å². The van der Waals surface area contributed by atoms with E-state index in [9.17, 15) is 9.59 Å². The van der Waals surface area contributed by atoms with Crippen molar-refractivity contribution in [2.24, 2.45) is 0 Å². The summed E-state index contributed by atoms with van der Waals surface area (Å²) in [6.45, 7) is 8.18. The van der Waals surface area contributed by atoms with Crippen LogP contribution in [-0.2, 0) is 50.4 Å². The number of carbonyl (C=O) groups excluding carboxylic acids is 2. The summed E-state index contributed by atoms with van der Waals surface area (Å²) in [4.78, 5) is 25.4. The highest BCUT2D eigenvalue weighted by atomic mass is 16.8. The topological polar surface area (TPSA) is 89.5 Å². The van der Waals surface area contributed by atoms with E-state index < -0.39 is 36.0 Å². The molecule has 2 fully saturated rings. The molecule has 5 atom stereocenters. The summed E-state index contributed by atoms with van der Waals surface area (Å²) in [6.07, 6.45) is 2.07. The molecule has 0 radical (unpaired) electrons. The molecule has 0 aromatic heterocycles. The first-order chi connectivity index (χ1) is 19.4. The van der Waals surface area contributed by atoms with Gasteiger partial charge in [-0.2, -0.15) is 0 Å². The molecule has 2 aromatic rings. The molecule has 0 saturated carbocycles. The molecule has 8 heteroatoms. The number of ether oxygens (including phenoxy) is 6. The average molecular weight is 553 g/mol. The summed E-state index contributed by atoms with van der Waals surface area (Å²) < 4.78 is 36.5. The Balaban J connectivity index is 1.60. The van der Waals surface area contributed by atoms with Gasteiger partial charge in [0.15, 0.2) is 18.2 Å². The van der Waals surface area contributed by atoms with Gasteiger partial charge in [0.1, 0.15) is 18.8 Å². The van der Waals surface area contributed by atoms with Crippen molar-refractivity contribution in [3.63, 3.8) is 0 Å². The van der Waals surface area contributed by atoms with E-state index in [-0.39, 0.29) is 25.1 Å². The minimum atomic E-state index is -1.14. The number of benzene rings is 2. The molecule has 2 aromatic carbocycles. The van der Waals surface area contributed by atoms with E-state index in [1.165, 1.54) is 6.92 Å². The van der Waals surface area contributed by atoms with Crippen molar-refractivity contribution < 1.29 is 38.0 Å². The molecule has 5 unspecified atom stereocenters. The third kappa shape index (κ3) is 7.79. The highest BCUT2D eigenvalue weighted by molar-refractivity contribution is 5.89. The van der Waals surface area contributed by atoms with E-state index in [2.05, 4.69) is 13.5 Å². The van der Waals surface area contributed by atoms with Gasteiger partial charge in [-0.25, -0.2) is 4.79 Å². The summed E-state index contributed by atoms with van der Waals surface area (Å²) in [5.41, 5.74) is 1.64. The number of esters is 2. The fourth-order valence-corrected chi connectivity index (χ4v) is 5.01. The van der Waals surface area contributed by atoms with Gasteiger partial charge in [-0.05, 0) is 31.2 Å². The number of carbonyl (C=O) groups is 2. The van der Waals surface area contributed by atoms with Crippen molar-refractivity contribution in [2.75, 3.05) is 13.2 Å². The van der Waals surface area contributed by atoms with Gasteiger partial charge in [0.05, 0.1) is 12.2 Å². The van der Waals surface area contributed by atoms with Gasteiger partial charge in [0.2, 0.25) is 0 Å². The van der Waals surface area contributed by atoms with Crippen LogP contribution in [-0.4, -0.2) is 49.8 Å². The van der Waals surface area contributed by atoms with Gasteiger partial charge < -0.3 is 28.4 Å². The lowest BCUT2D eigenvalue weighted by atomic mass is 9.99. The normalized spacial score (nSPS) is 25.2. The minimum absolute atomic E-state index is 0.0296. The largest absolute Gasteiger partial charge is 0.457 e. The molecule has 0 N–H and O–H groups in total. The maximum Gasteiger partial charge on any atom is 0.337 e. The van der Waals surface area contributed by atoms with Crippen LogP contribution < -0.4 is 0 Å². The van der Waals surface area contributed by atoms with E-state index in [1.54, 1.807) is 0 Å². The standard InChI is InChI=1S/C32H40O8/c1-4-5-19-32(26-16-10-7-11-17-26)39-27(22-36-28-18-12-13-20-35-28)30(40-32)29(38-24(3)33)23(2)31(34)37-21-25-14-8-6-9-15-25/h6-11,14-17,27-30H,2,4-5,12-13,18-22H2,1,3H3. The second kappa shape index (κ2) is 14.6. The summed E-state index contributed by atoms with van der Waals surface area (Å²) in [5.74, 6) is -2.37. The molecule has 2 aliphatic rings. The second-order valence-corrected chi connectivity index (χ2v) is 10.2. The van der Waals surface area contributed by atoms with Crippen LogP contribution in [0.25, 0.3) is 0 Å². The van der Waals surface area contributed by atoms with Gasteiger partial charge in [-0.1, -0.05) is 80.6 Å². The Kier molecular flexibility index (Phi) is 10.9. The van der Waals surface area contributed by atoms with Crippen molar-refractivity contribution in [2.45, 2.75) is 89.4 Å². The lowest BCUT2D eigenvalue weighted by Gasteiger charge is -2.30. The molecule has 2 saturated heterocycles. The summed E-state index contributed by atoms with van der Waals surface area (Å²) >= 11 is 0. The number of hydrogen-bond donors (Lipinski definition) is 0. The first-order valence-corrected chi connectivity index (χ1v) is 14.1. The van der Waals surface area contributed by atoms with Crippen molar-refractivity contribution >= 4 is 11.9 Å². The molecule has 2 aliphatic heterocycles. The maximum atomic E-state index is 13.2. The molecular formula is C32H40O8. The molecule has 4 rings (SSSR count). The van der Waals surface area contributed by atoms with Crippen LogP contribution in [0.1, 0.15) is 63.5 Å². The van der Waals surface area contributed by atoms with Gasteiger partial charge in [0, 0.05) is 25.5 Å². The third-order valence-corrected chi connectivity index (χ3v) is 7.10. The predicted molar refractivity (Wildman–Crippen MR) is 148 cm³/mol. The Morgan fingerprint density at radius 1 is 1.05 bits per heavy atom. The van der Waals surface area contributed by atoms with Gasteiger partial charge in [-0.15, -0.1) is 0 Å². The molecule has 0 bridgehead atoms. The number of hydrogen-bond acceptors (Lipinski definition) is 8. The van der Waals surface area contributed by atoms with Crippen molar-refractivity contribution in [3.05, 3.63) is 83.9 Å². The Hall–Kier alpha value is -3.04. The zero-order valence-electron chi connectivity index (χ0n) is 23.4. The van der Waals surface area contributed by atoms with Crippen LogP contribution in [0.5, 0.6) is 0 Å². The first-order valence-electron chi connectivity index (χ1n) is 14.1. The summed E-state index contributed by atoms with van der Waals surface area (Å²) in [6, 6.07) is 19.0. The molecule has 0 amide bonds. The van der Waals surface area contributed by atoms with Crippen molar-refractivity contribution in [3.8, 4) is 0 Å². The molecule has 0 aliphatic carbocycles. The molecule has 2 heterocycles. The molecule has 0 spiro atoms. The molecule has 216 valence electrons. The average Bonchev–Trinajstić information content (AvgIpc) is 3.37. The van der Waals surface area contributed by atoms with Crippen molar-refractivity contribution in [1.29, 1.82) is 0 Å². The molecule has 8 nitrogen and oxygen atoms in total. The fourth-order valence-electron chi connectivity index (χ4n) is 5.01. The lowest BCUT2D eigenvalue weighted by Crippen LogP contribution is -2.44. The van der Waals surface area contributed by atoms with E-state index in [1.807, 2.05) is 60.7 Å². The van der Waals surface area contributed by atoms with E-state index in [0.717, 1.165) is 43.2 Å². The number of rotatable bonds is 13.